The van der Waals surface area contributed by atoms with Crippen molar-refractivity contribution >= 4 is 11.5 Å². The van der Waals surface area contributed by atoms with Crippen LogP contribution in [0.5, 0.6) is 0 Å². The van der Waals surface area contributed by atoms with Gasteiger partial charge in [0.05, 0.1) is 6.54 Å². The highest BCUT2D eigenvalue weighted by Crippen LogP contribution is 2.16. The summed E-state index contributed by atoms with van der Waals surface area (Å²) in [4.78, 5) is 0. The van der Waals surface area contributed by atoms with Gasteiger partial charge in [0, 0.05) is 18.1 Å². The molecule has 6 nitrogen and oxygen atoms in total. The highest BCUT2D eigenvalue weighted by atomic mass is 15.3. The molecule has 0 radical (unpaired) electrons. The first kappa shape index (κ1) is 12.8. The Labute approximate surface area is 121 Å². The molecule has 6 heteroatoms. The third-order valence-electron chi connectivity index (χ3n) is 2.88. The second-order valence-corrected chi connectivity index (χ2v) is 4.44. The lowest BCUT2D eigenvalue weighted by Gasteiger charge is -2.07. The molecule has 2 heterocycles. The fourth-order valence-corrected chi connectivity index (χ4v) is 1.93. The van der Waals surface area contributed by atoms with E-state index in [0.717, 1.165) is 11.3 Å². The highest BCUT2D eigenvalue weighted by molar-refractivity contribution is 5.56. The van der Waals surface area contributed by atoms with Gasteiger partial charge in [-0.15, -0.1) is 10.2 Å². The van der Waals surface area contributed by atoms with Gasteiger partial charge in [-0.1, -0.05) is 12.1 Å². The Hall–Kier alpha value is -3.20. The van der Waals surface area contributed by atoms with Gasteiger partial charge in [-0.3, -0.25) is 4.68 Å². The number of nitrogens with zero attached hydrogens (tertiary/aromatic N) is 5. The maximum absolute atomic E-state index is 8.70. The van der Waals surface area contributed by atoms with Gasteiger partial charge < -0.3 is 5.32 Å². The Kier molecular flexibility index (Phi) is 3.56. The monoisotopic (exact) mass is 276 g/mol. The Bertz CT molecular complexity index is 756. The van der Waals surface area contributed by atoms with E-state index in [0.29, 0.717) is 18.1 Å². The lowest BCUT2D eigenvalue weighted by atomic mass is 10.2. The molecule has 0 amide bonds. The van der Waals surface area contributed by atoms with Crippen LogP contribution in [0.4, 0.5) is 11.5 Å². The topological polar surface area (TPSA) is 79.4 Å². The van der Waals surface area contributed by atoms with Crippen molar-refractivity contribution in [1.82, 2.24) is 20.0 Å². The van der Waals surface area contributed by atoms with E-state index in [1.54, 1.807) is 18.3 Å². The maximum Gasteiger partial charge on any atom is 0.163 e. The van der Waals surface area contributed by atoms with Gasteiger partial charge in [0.15, 0.2) is 11.5 Å². The zero-order valence-corrected chi connectivity index (χ0v) is 11.1. The second kappa shape index (κ2) is 5.84. The van der Waals surface area contributed by atoms with E-state index in [1.807, 2.05) is 47.3 Å². The normalized spacial score (nSPS) is 10.0. The Balaban J connectivity index is 1.74. The number of hydrogen-bond donors (Lipinski definition) is 1. The van der Waals surface area contributed by atoms with Crippen molar-refractivity contribution in [3.8, 4) is 6.07 Å². The summed E-state index contributed by atoms with van der Waals surface area (Å²) in [6.07, 6.45) is 3.68. The molecule has 0 aliphatic carbocycles. The molecule has 0 aliphatic rings. The molecule has 21 heavy (non-hydrogen) atoms. The van der Waals surface area contributed by atoms with Crippen LogP contribution in [0.15, 0.2) is 54.9 Å². The van der Waals surface area contributed by atoms with Gasteiger partial charge in [0.2, 0.25) is 0 Å². The molecule has 0 bridgehead atoms. The van der Waals surface area contributed by atoms with Gasteiger partial charge in [-0.25, -0.2) is 0 Å². The molecule has 0 saturated carbocycles. The third-order valence-corrected chi connectivity index (χ3v) is 2.88. The minimum atomic E-state index is 0.299. The fourth-order valence-electron chi connectivity index (χ4n) is 1.93. The van der Waals surface area contributed by atoms with Crippen LogP contribution in [0.3, 0.4) is 0 Å². The summed E-state index contributed by atoms with van der Waals surface area (Å²) in [5.41, 5.74) is 2.34. The highest BCUT2D eigenvalue weighted by Gasteiger charge is 2.00. The molecule has 0 atom stereocenters. The first-order valence-corrected chi connectivity index (χ1v) is 6.41. The van der Waals surface area contributed by atoms with E-state index in [1.165, 1.54) is 0 Å². The largest absolute Gasteiger partial charge is 0.339 e. The zero-order chi connectivity index (χ0) is 14.5. The summed E-state index contributed by atoms with van der Waals surface area (Å²) in [6, 6.07) is 15.2. The van der Waals surface area contributed by atoms with Crippen molar-refractivity contribution in [2.45, 2.75) is 6.54 Å². The van der Waals surface area contributed by atoms with Crippen LogP contribution in [-0.4, -0.2) is 20.0 Å². The van der Waals surface area contributed by atoms with E-state index in [2.05, 4.69) is 20.6 Å². The van der Waals surface area contributed by atoms with Gasteiger partial charge in [-0.2, -0.15) is 10.4 Å². The summed E-state index contributed by atoms with van der Waals surface area (Å²) in [5, 5.41) is 23.8. The number of rotatable bonds is 4. The summed E-state index contributed by atoms with van der Waals surface area (Å²) < 4.78 is 1.86. The van der Waals surface area contributed by atoms with Gasteiger partial charge in [-0.05, 0) is 35.9 Å². The molecule has 0 fully saturated rings. The number of anilines is 2. The summed E-state index contributed by atoms with van der Waals surface area (Å²) in [7, 11) is 0. The van der Waals surface area contributed by atoms with Crippen LogP contribution in [-0.2, 0) is 6.54 Å². The number of nitriles is 1. The van der Waals surface area contributed by atoms with Crippen molar-refractivity contribution in [2.24, 2.45) is 0 Å². The molecule has 102 valence electrons. The first-order chi connectivity index (χ1) is 10.3. The molecular formula is C15H12N6. The summed E-state index contributed by atoms with van der Waals surface area (Å²) >= 11 is 0. The Morgan fingerprint density at radius 1 is 1.14 bits per heavy atom. The minimum Gasteiger partial charge on any atom is -0.339 e. The van der Waals surface area contributed by atoms with E-state index < -0.39 is 0 Å². The number of aromatic nitrogens is 4. The van der Waals surface area contributed by atoms with Crippen LogP contribution in [0.1, 0.15) is 11.3 Å². The van der Waals surface area contributed by atoms with Gasteiger partial charge >= 0.3 is 0 Å². The smallest absolute Gasteiger partial charge is 0.163 e. The van der Waals surface area contributed by atoms with Crippen molar-refractivity contribution in [1.29, 1.82) is 5.26 Å². The maximum atomic E-state index is 8.70. The molecule has 0 unspecified atom stereocenters. The molecule has 2 aromatic heterocycles. The van der Waals surface area contributed by atoms with E-state index in [-0.39, 0.29) is 0 Å². The molecule has 1 N–H and O–H groups in total. The van der Waals surface area contributed by atoms with Gasteiger partial charge in [0.25, 0.3) is 0 Å². The second-order valence-electron chi connectivity index (χ2n) is 4.44. The van der Waals surface area contributed by atoms with Crippen molar-refractivity contribution in [2.75, 3.05) is 5.32 Å². The Morgan fingerprint density at radius 3 is 2.81 bits per heavy atom. The predicted molar refractivity (Wildman–Crippen MR) is 77.8 cm³/mol. The van der Waals surface area contributed by atoms with Crippen LogP contribution in [0, 0.1) is 11.3 Å². The summed E-state index contributed by atoms with van der Waals surface area (Å²) in [5.74, 6) is 0.602. The average molecular weight is 276 g/mol. The lowest BCUT2D eigenvalue weighted by Crippen LogP contribution is -2.01. The minimum absolute atomic E-state index is 0.299. The van der Waals surface area contributed by atoms with E-state index in [9.17, 15) is 0 Å². The molecule has 1 aromatic carbocycles. The lowest BCUT2D eigenvalue weighted by molar-refractivity contribution is 0.687. The quantitative estimate of drug-likeness (QED) is 0.791. The number of nitrogens with one attached hydrogen (secondary N) is 1. The number of benzene rings is 1. The van der Waals surface area contributed by atoms with E-state index >= 15 is 0 Å². The van der Waals surface area contributed by atoms with Crippen molar-refractivity contribution in [3.05, 3.63) is 66.1 Å². The Morgan fingerprint density at radius 2 is 2.10 bits per heavy atom. The molecule has 3 rings (SSSR count). The first-order valence-electron chi connectivity index (χ1n) is 6.41. The summed E-state index contributed by atoms with van der Waals surface area (Å²) in [6.45, 7) is 0.710. The molecule has 0 saturated heterocycles. The molecular weight excluding hydrogens is 264 g/mol. The standard InChI is InChI=1S/C15H12N6/c16-10-14-5-6-15(20-19-14)18-13-4-1-3-12(9-13)11-21-8-2-7-17-21/h1-9H,11H2,(H,18,20). The van der Waals surface area contributed by atoms with E-state index in [4.69, 9.17) is 5.26 Å². The molecule has 0 aliphatic heterocycles. The molecule has 3 aromatic rings. The molecule has 0 spiro atoms. The average Bonchev–Trinajstić information content (AvgIpc) is 3.01. The third kappa shape index (κ3) is 3.22. The van der Waals surface area contributed by atoms with Crippen molar-refractivity contribution in [3.63, 3.8) is 0 Å². The van der Waals surface area contributed by atoms with Crippen LogP contribution >= 0.6 is 0 Å². The van der Waals surface area contributed by atoms with Gasteiger partial charge in [0.1, 0.15) is 6.07 Å². The van der Waals surface area contributed by atoms with Crippen molar-refractivity contribution < 1.29 is 0 Å². The van der Waals surface area contributed by atoms with Crippen LogP contribution in [0.25, 0.3) is 0 Å². The SMILES string of the molecule is N#Cc1ccc(Nc2cccc(Cn3cccn3)c2)nn1. The zero-order valence-electron chi connectivity index (χ0n) is 11.1. The van der Waals surface area contributed by atoms with Crippen LogP contribution in [0.2, 0.25) is 0 Å². The van der Waals surface area contributed by atoms with Crippen LogP contribution < -0.4 is 5.32 Å². The fraction of sp³-hybridized carbons (Fsp3) is 0.0667. The number of hydrogen-bond acceptors (Lipinski definition) is 5. The predicted octanol–water partition coefficient (Wildman–Crippen LogP) is 2.34.